The number of hydrogen-bond donors (Lipinski definition) is 2. The molecule has 1 aromatic carbocycles. The van der Waals surface area contributed by atoms with Gasteiger partial charge in [0.05, 0.1) is 19.6 Å². The Morgan fingerprint density at radius 3 is 3.04 bits per heavy atom. The van der Waals surface area contributed by atoms with Gasteiger partial charge in [0.2, 0.25) is 5.91 Å². The van der Waals surface area contributed by atoms with Crippen LogP contribution in [-0.4, -0.2) is 37.3 Å². The van der Waals surface area contributed by atoms with Gasteiger partial charge in [-0.1, -0.05) is 13.8 Å². The summed E-state index contributed by atoms with van der Waals surface area (Å²) in [7, 11) is 1.65. The van der Waals surface area contributed by atoms with Crippen LogP contribution in [0.4, 0.5) is 0 Å². The summed E-state index contributed by atoms with van der Waals surface area (Å²) in [4.78, 5) is 15.6. The molecular weight excluding hydrogens is 316 g/mol. The second-order valence-electron chi connectivity index (χ2n) is 7.19. The molecule has 2 heterocycles. The topological polar surface area (TPSA) is 63.4 Å². The second kappa shape index (κ2) is 7.91. The monoisotopic (exact) mass is 344 g/mol. The number of carbonyl (C=O) groups is 1. The summed E-state index contributed by atoms with van der Waals surface area (Å²) < 4.78 is 11.2. The zero-order chi connectivity index (χ0) is 17.8. The highest BCUT2D eigenvalue weighted by molar-refractivity contribution is 5.89. The van der Waals surface area contributed by atoms with E-state index < -0.39 is 0 Å². The van der Waals surface area contributed by atoms with Gasteiger partial charge in [-0.15, -0.1) is 0 Å². The van der Waals surface area contributed by atoms with E-state index in [0.29, 0.717) is 24.8 Å². The molecule has 2 aromatic rings. The van der Waals surface area contributed by atoms with Crippen molar-refractivity contribution in [3.63, 3.8) is 0 Å². The van der Waals surface area contributed by atoms with Crippen LogP contribution >= 0.6 is 0 Å². The Bertz CT molecular complexity index is 723. The lowest BCUT2D eigenvalue weighted by molar-refractivity contribution is -0.121. The van der Waals surface area contributed by atoms with Gasteiger partial charge in [-0.3, -0.25) is 4.79 Å². The Kier molecular flexibility index (Phi) is 5.63. The molecule has 0 saturated carbocycles. The first-order chi connectivity index (χ1) is 12.1. The maximum Gasteiger partial charge on any atom is 0.224 e. The number of nitrogens with one attached hydrogen (secondary N) is 2. The molecule has 5 nitrogen and oxygen atoms in total. The third kappa shape index (κ3) is 4.15. The van der Waals surface area contributed by atoms with Gasteiger partial charge in [-0.05, 0) is 42.5 Å². The van der Waals surface area contributed by atoms with Crippen molar-refractivity contribution < 1.29 is 14.3 Å². The Labute approximate surface area is 149 Å². The minimum Gasteiger partial charge on any atom is -0.497 e. The van der Waals surface area contributed by atoms with Gasteiger partial charge >= 0.3 is 0 Å². The number of carbonyl (C=O) groups excluding carboxylic acids is 1. The maximum atomic E-state index is 12.4. The summed E-state index contributed by atoms with van der Waals surface area (Å²) in [5, 5.41) is 4.14. The highest BCUT2D eigenvalue weighted by atomic mass is 16.5. The van der Waals surface area contributed by atoms with E-state index in [0.717, 1.165) is 41.7 Å². The van der Waals surface area contributed by atoms with E-state index in [1.165, 1.54) is 0 Å². The van der Waals surface area contributed by atoms with E-state index in [9.17, 15) is 4.79 Å². The van der Waals surface area contributed by atoms with E-state index in [2.05, 4.69) is 24.1 Å². The molecule has 25 heavy (non-hydrogen) atoms. The van der Waals surface area contributed by atoms with Gasteiger partial charge in [-0.2, -0.15) is 0 Å². The third-order valence-electron chi connectivity index (χ3n) is 5.04. The lowest BCUT2D eigenvalue weighted by atomic mass is 9.87. The number of amides is 1. The maximum absolute atomic E-state index is 12.4. The molecule has 1 aliphatic rings. The zero-order valence-electron chi connectivity index (χ0n) is 15.3. The predicted octanol–water partition coefficient (Wildman–Crippen LogP) is 3.29. The highest BCUT2D eigenvalue weighted by Crippen LogP contribution is 2.26. The summed E-state index contributed by atoms with van der Waals surface area (Å²) in [6.45, 7) is 5.89. The predicted molar refractivity (Wildman–Crippen MR) is 98.9 cm³/mol. The van der Waals surface area contributed by atoms with Crippen LogP contribution in [0.2, 0.25) is 0 Å². The van der Waals surface area contributed by atoms with Gasteiger partial charge in [0.1, 0.15) is 5.75 Å². The van der Waals surface area contributed by atoms with Gasteiger partial charge < -0.3 is 19.8 Å². The summed E-state index contributed by atoms with van der Waals surface area (Å²) in [5.74, 6) is 1.73. The van der Waals surface area contributed by atoms with Crippen molar-refractivity contribution in [2.24, 2.45) is 11.8 Å². The molecule has 0 bridgehead atoms. The van der Waals surface area contributed by atoms with Crippen molar-refractivity contribution in [3.8, 4) is 5.75 Å². The average molecular weight is 344 g/mol. The quantitative estimate of drug-likeness (QED) is 0.845. The van der Waals surface area contributed by atoms with Crippen LogP contribution in [0.1, 0.15) is 32.3 Å². The average Bonchev–Trinajstić information content (AvgIpc) is 3.02. The first-order valence-corrected chi connectivity index (χ1v) is 9.10. The summed E-state index contributed by atoms with van der Waals surface area (Å²) in [5.41, 5.74) is 2.01. The fourth-order valence-electron chi connectivity index (χ4n) is 3.73. The molecule has 2 atom stereocenters. The molecule has 2 N–H and O–H groups in total. The SMILES string of the molecule is COc1ccc2[nH]cc(CC(=O)NC[C@H]3CCCO[C@@H]3C(C)C)c2c1. The number of ether oxygens (including phenoxy) is 2. The smallest absolute Gasteiger partial charge is 0.224 e. The minimum absolute atomic E-state index is 0.0526. The number of rotatable bonds is 6. The van der Waals surface area contributed by atoms with Crippen LogP contribution in [0.15, 0.2) is 24.4 Å². The van der Waals surface area contributed by atoms with Gasteiger partial charge in [0.25, 0.3) is 0 Å². The number of methoxy groups -OCH3 is 1. The fourth-order valence-corrected chi connectivity index (χ4v) is 3.73. The van der Waals surface area contributed by atoms with Crippen molar-refractivity contribution >= 4 is 16.8 Å². The normalized spacial score (nSPS) is 20.8. The van der Waals surface area contributed by atoms with E-state index in [-0.39, 0.29) is 12.0 Å². The Morgan fingerprint density at radius 2 is 2.28 bits per heavy atom. The molecule has 1 saturated heterocycles. The first kappa shape index (κ1) is 17.8. The van der Waals surface area contributed by atoms with Crippen molar-refractivity contribution in [2.45, 2.75) is 39.2 Å². The lowest BCUT2D eigenvalue weighted by Crippen LogP contribution is -2.41. The Morgan fingerprint density at radius 1 is 1.44 bits per heavy atom. The second-order valence-corrected chi connectivity index (χ2v) is 7.19. The number of H-pyrrole nitrogens is 1. The van der Waals surface area contributed by atoms with Crippen molar-refractivity contribution in [3.05, 3.63) is 30.0 Å². The molecule has 0 spiro atoms. The molecule has 3 rings (SSSR count). The third-order valence-corrected chi connectivity index (χ3v) is 5.04. The molecule has 1 amide bonds. The van der Waals surface area contributed by atoms with Crippen molar-refractivity contribution in [1.29, 1.82) is 0 Å². The van der Waals surface area contributed by atoms with Crippen LogP contribution in [0, 0.1) is 11.8 Å². The molecule has 136 valence electrons. The van der Waals surface area contributed by atoms with E-state index in [1.54, 1.807) is 7.11 Å². The number of benzene rings is 1. The molecular formula is C20H28N2O3. The summed E-state index contributed by atoms with van der Waals surface area (Å²) >= 11 is 0. The molecule has 5 heteroatoms. The summed E-state index contributed by atoms with van der Waals surface area (Å²) in [6, 6.07) is 5.86. The number of aromatic nitrogens is 1. The number of fused-ring (bicyclic) bond motifs is 1. The van der Waals surface area contributed by atoms with Crippen molar-refractivity contribution in [1.82, 2.24) is 10.3 Å². The zero-order valence-corrected chi connectivity index (χ0v) is 15.3. The van der Waals surface area contributed by atoms with Gasteiger partial charge in [0, 0.05) is 36.2 Å². The van der Waals surface area contributed by atoms with Crippen molar-refractivity contribution in [2.75, 3.05) is 20.3 Å². The van der Waals surface area contributed by atoms with E-state index in [4.69, 9.17) is 9.47 Å². The molecule has 0 aliphatic carbocycles. The first-order valence-electron chi connectivity index (χ1n) is 9.10. The van der Waals surface area contributed by atoms with E-state index in [1.807, 2.05) is 24.4 Å². The van der Waals surface area contributed by atoms with Crippen LogP contribution in [0.3, 0.4) is 0 Å². The standard InChI is InChI=1S/C20H28N2O3/c1-13(2)20-14(5-4-8-25-20)11-22-19(23)9-15-12-21-18-7-6-16(24-3)10-17(15)18/h6-7,10,12-14,20-21H,4-5,8-9,11H2,1-3H3,(H,22,23)/t14-,20-/m1/s1. The largest absolute Gasteiger partial charge is 0.497 e. The molecule has 1 fully saturated rings. The molecule has 0 radical (unpaired) electrons. The van der Waals surface area contributed by atoms with Crippen LogP contribution < -0.4 is 10.1 Å². The highest BCUT2D eigenvalue weighted by Gasteiger charge is 2.28. The van der Waals surface area contributed by atoms with Gasteiger partial charge in [-0.25, -0.2) is 0 Å². The Balaban J connectivity index is 1.61. The number of aromatic amines is 1. The van der Waals surface area contributed by atoms with Crippen LogP contribution in [-0.2, 0) is 16.0 Å². The summed E-state index contributed by atoms with van der Waals surface area (Å²) in [6.07, 6.45) is 4.71. The van der Waals surface area contributed by atoms with Crippen LogP contribution in [0.5, 0.6) is 5.75 Å². The molecule has 0 unspecified atom stereocenters. The molecule has 1 aromatic heterocycles. The van der Waals surface area contributed by atoms with E-state index >= 15 is 0 Å². The molecule has 1 aliphatic heterocycles. The minimum atomic E-state index is 0.0526. The Hall–Kier alpha value is -2.01. The van der Waals surface area contributed by atoms with Gasteiger partial charge in [0.15, 0.2) is 0 Å². The van der Waals surface area contributed by atoms with Crippen LogP contribution in [0.25, 0.3) is 10.9 Å². The fraction of sp³-hybridized carbons (Fsp3) is 0.550. The number of hydrogen-bond acceptors (Lipinski definition) is 3. The lowest BCUT2D eigenvalue weighted by Gasteiger charge is -2.34.